The summed E-state index contributed by atoms with van der Waals surface area (Å²) in [6.07, 6.45) is 0.899. The quantitative estimate of drug-likeness (QED) is 0.540. The topological polar surface area (TPSA) is 80.3 Å². The second kappa shape index (κ2) is 8.34. The molecule has 0 aliphatic heterocycles. The minimum absolute atomic E-state index is 0.497. The van der Waals surface area contributed by atoms with Crippen molar-refractivity contribution < 1.29 is 9.47 Å². The lowest BCUT2D eigenvalue weighted by atomic mass is 10.2. The van der Waals surface area contributed by atoms with Gasteiger partial charge in [-0.1, -0.05) is 0 Å². The summed E-state index contributed by atoms with van der Waals surface area (Å²) in [6.45, 7) is 2.73. The second-order valence-electron chi connectivity index (χ2n) is 3.80. The number of nitrogens with one attached hydrogen (secondary N) is 1. The van der Waals surface area contributed by atoms with Crippen LogP contribution in [-0.2, 0) is 9.47 Å². The molecule has 0 unspecified atom stereocenters. The van der Waals surface area contributed by atoms with Gasteiger partial charge in [-0.15, -0.1) is 0 Å². The zero-order valence-electron chi connectivity index (χ0n) is 10.6. The fourth-order valence-corrected chi connectivity index (χ4v) is 1.41. The molecule has 3 N–H and O–H groups in total. The number of nitriles is 1. The third-order valence-corrected chi connectivity index (χ3v) is 2.40. The lowest BCUT2D eigenvalue weighted by Crippen LogP contribution is -2.08. The van der Waals surface area contributed by atoms with E-state index in [2.05, 4.69) is 11.4 Å². The summed E-state index contributed by atoms with van der Waals surface area (Å²) in [5.41, 5.74) is 7.54. The van der Waals surface area contributed by atoms with Crippen molar-refractivity contribution in [3.05, 3.63) is 23.8 Å². The highest BCUT2D eigenvalue weighted by Crippen LogP contribution is 2.16. The van der Waals surface area contributed by atoms with E-state index in [0.29, 0.717) is 31.1 Å². The first-order valence-electron chi connectivity index (χ1n) is 5.88. The van der Waals surface area contributed by atoms with Crippen molar-refractivity contribution in [2.75, 3.05) is 44.5 Å². The molecule has 18 heavy (non-hydrogen) atoms. The van der Waals surface area contributed by atoms with Gasteiger partial charge in [-0.25, -0.2) is 0 Å². The van der Waals surface area contributed by atoms with E-state index in [1.54, 1.807) is 19.2 Å². The van der Waals surface area contributed by atoms with E-state index in [-0.39, 0.29) is 0 Å². The fraction of sp³-hybridized carbons (Fsp3) is 0.462. The predicted octanol–water partition coefficient (Wildman–Crippen LogP) is 1.61. The molecule has 0 saturated carbocycles. The number of ether oxygens (including phenoxy) is 2. The van der Waals surface area contributed by atoms with Gasteiger partial charge in [0.25, 0.3) is 0 Å². The summed E-state index contributed by atoms with van der Waals surface area (Å²) in [4.78, 5) is 0. The zero-order valence-corrected chi connectivity index (χ0v) is 10.6. The van der Waals surface area contributed by atoms with E-state index in [1.165, 1.54) is 0 Å². The molecule has 98 valence electrons. The maximum absolute atomic E-state index is 8.85. The van der Waals surface area contributed by atoms with E-state index >= 15 is 0 Å². The Morgan fingerprint density at radius 1 is 1.33 bits per heavy atom. The van der Waals surface area contributed by atoms with Crippen LogP contribution in [0.2, 0.25) is 0 Å². The molecule has 0 bridgehead atoms. The van der Waals surface area contributed by atoms with Crippen LogP contribution in [0.3, 0.4) is 0 Å². The molecule has 1 aromatic rings. The SMILES string of the molecule is COCCOCCCNc1ccc(N)c(C#N)c1. The maximum atomic E-state index is 8.85. The second-order valence-corrected chi connectivity index (χ2v) is 3.80. The van der Waals surface area contributed by atoms with Crippen molar-refractivity contribution in [1.29, 1.82) is 5.26 Å². The van der Waals surface area contributed by atoms with Gasteiger partial charge in [0.2, 0.25) is 0 Å². The summed E-state index contributed by atoms with van der Waals surface area (Å²) < 4.78 is 10.2. The Hall–Kier alpha value is -1.77. The van der Waals surface area contributed by atoms with E-state index in [0.717, 1.165) is 18.7 Å². The molecular weight excluding hydrogens is 230 g/mol. The van der Waals surface area contributed by atoms with Gasteiger partial charge in [0, 0.05) is 31.6 Å². The number of nitrogen functional groups attached to an aromatic ring is 1. The smallest absolute Gasteiger partial charge is 0.101 e. The van der Waals surface area contributed by atoms with Crippen molar-refractivity contribution in [2.24, 2.45) is 0 Å². The minimum atomic E-state index is 0.497. The van der Waals surface area contributed by atoms with Crippen LogP contribution in [0.15, 0.2) is 18.2 Å². The molecule has 5 nitrogen and oxygen atoms in total. The van der Waals surface area contributed by atoms with Crippen molar-refractivity contribution >= 4 is 11.4 Å². The van der Waals surface area contributed by atoms with Gasteiger partial charge >= 0.3 is 0 Å². The van der Waals surface area contributed by atoms with Crippen LogP contribution in [0.4, 0.5) is 11.4 Å². The van der Waals surface area contributed by atoms with Gasteiger partial charge in [0.1, 0.15) is 6.07 Å². The Bertz CT molecular complexity index is 402. The average Bonchev–Trinajstić information content (AvgIpc) is 2.39. The Kier molecular flexibility index (Phi) is 6.62. The Labute approximate surface area is 107 Å². The molecule has 0 aliphatic carbocycles. The molecule has 0 atom stereocenters. The van der Waals surface area contributed by atoms with Crippen LogP contribution in [0, 0.1) is 11.3 Å². The highest BCUT2D eigenvalue weighted by molar-refractivity contribution is 5.61. The number of rotatable bonds is 8. The summed E-state index contributed by atoms with van der Waals surface area (Å²) in [5.74, 6) is 0. The normalized spacial score (nSPS) is 10.0. The number of anilines is 2. The molecule has 0 aliphatic rings. The largest absolute Gasteiger partial charge is 0.398 e. The van der Waals surface area contributed by atoms with Gasteiger partial charge < -0.3 is 20.5 Å². The zero-order chi connectivity index (χ0) is 13.2. The maximum Gasteiger partial charge on any atom is 0.101 e. The highest BCUT2D eigenvalue weighted by atomic mass is 16.5. The van der Waals surface area contributed by atoms with Crippen LogP contribution in [0.25, 0.3) is 0 Å². The van der Waals surface area contributed by atoms with Gasteiger partial charge in [0.05, 0.1) is 18.8 Å². The highest BCUT2D eigenvalue weighted by Gasteiger charge is 1.99. The average molecular weight is 249 g/mol. The molecule has 0 aromatic heterocycles. The van der Waals surface area contributed by atoms with Gasteiger partial charge in [0.15, 0.2) is 0 Å². The summed E-state index contributed by atoms with van der Waals surface area (Å²) in [5, 5.41) is 12.1. The molecule has 0 fully saturated rings. The van der Waals surface area contributed by atoms with Crippen molar-refractivity contribution in [2.45, 2.75) is 6.42 Å². The first-order chi connectivity index (χ1) is 8.77. The van der Waals surface area contributed by atoms with Gasteiger partial charge in [-0.2, -0.15) is 5.26 Å². The Morgan fingerprint density at radius 2 is 2.17 bits per heavy atom. The van der Waals surface area contributed by atoms with Crippen molar-refractivity contribution in [1.82, 2.24) is 0 Å². The molecule has 0 saturated heterocycles. The van der Waals surface area contributed by atoms with Crippen LogP contribution in [0.1, 0.15) is 12.0 Å². The number of methoxy groups -OCH3 is 1. The van der Waals surface area contributed by atoms with Gasteiger partial charge in [-0.05, 0) is 24.6 Å². The number of nitrogens with zero attached hydrogens (tertiary/aromatic N) is 1. The fourth-order valence-electron chi connectivity index (χ4n) is 1.41. The molecule has 0 radical (unpaired) electrons. The van der Waals surface area contributed by atoms with E-state index < -0.39 is 0 Å². The van der Waals surface area contributed by atoms with Crippen LogP contribution >= 0.6 is 0 Å². The number of nitrogens with two attached hydrogens (primary N) is 1. The molecule has 1 aromatic carbocycles. The van der Waals surface area contributed by atoms with Crippen LogP contribution in [-0.4, -0.2) is 33.5 Å². The summed E-state index contributed by atoms with van der Waals surface area (Å²) >= 11 is 0. The molecule has 0 amide bonds. The predicted molar refractivity (Wildman–Crippen MR) is 71.4 cm³/mol. The van der Waals surface area contributed by atoms with Crippen molar-refractivity contribution in [3.8, 4) is 6.07 Å². The minimum Gasteiger partial charge on any atom is -0.398 e. The third kappa shape index (κ3) is 5.04. The van der Waals surface area contributed by atoms with Crippen molar-refractivity contribution in [3.63, 3.8) is 0 Å². The first-order valence-corrected chi connectivity index (χ1v) is 5.88. The summed E-state index contributed by atoms with van der Waals surface area (Å²) in [7, 11) is 1.65. The molecule has 5 heteroatoms. The lowest BCUT2D eigenvalue weighted by molar-refractivity contribution is 0.0705. The Balaban J connectivity index is 2.22. The molecule has 0 heterocycles. The van der Waals surface area contributed by atoms with E-state index in [1.807, 2.05) is 6.07 Å². The number of hydrogen-bond acceptors (Lipinski definition) is 5. The van der Waals surface area contributed by atoms with Crippen LogP contribution in [0.5, 0.6) is 0 Å². The molecule has 0 spiro atoms. The molecular formula is C13H19N3O2. The van der Waals surface area contributed by atoms with Crippen LogP contribution < -0.4 is 11.1 Å². The van der Waals surface area contributed by atoms with E-state index in [9.17, 15) is 0 Å². The number of benzene rings is 1. The lowest BCUT2D eigenvalue weighted by Gasteiger charge is -2.08. The standard InChI is InChI=1S/C13H19N3O2/c1-17-7-8-18-6-2-5-16-12-3-4-13(15)11(9-12)10-14/h3-4,9,16H,2,5-8,15H2,1H3. The Morgan fingerprint density at radius 3 is 2.89 bits per heavy atom. The van der Waals surface area contributed by atoms with E-state index in [4.69, 9.17) is 20.5 Å². The molecule has 1 rings (SSSR count). The first kappa shape index (κ1) is 14.3. The third-order valence-electron chi connectivity index (χ3n) is 2.40. The van der Waals surface area contributed by atoms with Gasteiger partial charge in [-0.3, -0.25) is 0 Å². The summed E-state index contributed by atoms with van der Waals surface area (Å²) in [6, 6.07) is 7.40. The monoisotopic (exact) mass is 249 g/mol. The number of hydrogen-bond donors (Lipinski definition) is 2.